The lowest BCUT2D eigenvalue weighted by Crippen LogP contribution is -2.34. The Hall–Kier alpha value is -2.19. The summed E-state index contributed by atoms with van der Waals surface area (Å²) in [6.45, 7) is 4.50. The number of benzene rings is 2. The number of carbonyl (C=O) groups excluding carboxylic acids is 1. The first-order valence-corrected chi connectivity index (χ1v) is 11.6. The van der Waals surface area contributed by atoms with Gasteiger partial charge >= 0.3 is 0 Å². The van der Waals surface area contributed by atoms with E-state index >= 15 is 0 Å². The number of amides is 1. The second kappa shape index (κ2) is 8.28. The predicted octanol–water partition coefficient (Wildman–Crippen LogP) is 4.18. The van der Waals surface area contributed by atoms with Crippen LogP contribution in [0.15, 0.2) is 62.3 Å². The molecule has 0 unspecified atom stereocenters. The standard InChI is InChI=1S/C21H24BrN3O3S/c1-21(2,15-6-8-16(22)9-7-15)20(26)23-17-10-12-18(13-11-17)29(27,28)24-19-5-4-14-25(19)3/h6-13H,4-5,14H2,1-3H3,(H,23,26). The SMILES string of the molecule is CN1CCCC1=NS(=O)(=O)c1ccc(NC(=O)C(C)(C)c2ccc(Br)cc2)cc1. The highest BCUT2D eigenvalue weighted by molar-refractivity contribution is 9.10. The molecule has 3 rings (SSSR count). The first-order valence-electron chi connectivity index (χ1n) is 9.32. The third-order valence-corrected chi connectivity index (χ3v) is 6.95. The van der Waals surface area contributed by atoms with Crippen molar-refractivity contribution in [1.82, 2.24) is 4.90 Å². The largest absolute Gasteiger partial charge is 0.362 e. The molecule has 1 aliphatic rings. The van der Waals surface area contributed by atoms with Crippen molar-refractivity contribution in [3.05, 3.63) is 58.6 Å². The number of sulfonamides is 1. The topological polar surface area (TPSA) is 78.8 Å². The summed E-state index contributed by atoms with van der Waals surface area (Å²) in [5.41, 5.74) is 0.670. The van der Waals surface area contributed by atoms with Gasteiger partial charge < -0.3 is 10.2 Å². The summed E-state index contributed by atoms with van der Waals surface area (Å²) in [7, 11) is -1.93. The van der Waals surface area contributed by atoms with Crippen LogP contribution in [0.3, 0.4) is 0 Å². The van der Waals surface area contributed by atoms with Crippen LogP contribution in [0.25, 0.3) is 0 Å². The van der Waals surface area contributed by atoms with E-state index in [0.29, 0.717) is 17.9 Å². The molecule has 8 heteroatoms. The van der Waals surface area contributed by atoms with Crippen molar-refractivity contribution in [2.24, 2.45) is 4.40 Å². The number of nitrogens with zero attached hydrogens (tertiary/aromatic N) is 2. The number of rotatable bonds is 5. The van der Waals surface area contributed by atoms with Crippen LogP contribution in [-0.4, -0.2) is 38.7 Å². The number of anilines is 1. The minimum Gasteiger partial charge on any atom is -0.362 e. The van der Waals surface area contributed by atoms with Crippen LogP contribution in [0.4, 0.5) is 5.69 Å². The maximum Gasteiger partial charge on any atom is 0.283 e. The molecule has 1 amide bonds. The summed E-state index contributed by atoms with van der Waals surface area (Å²) >= 11 is 3.39. The Morgan fingerprint density at radius 1 is 1.10 bits per heavy atom. The zero-order chi connectivity index (χ0) is 21.2. The summed E-state index contributed by atoms with van der Waals surface area (Å²) in [5.74, 6) is 0.405. The second-order valence-corrected chi connectivity index (χ2v) is 10.1. The van der Waals surface area contributed by atoms with E-state index in [1.165, 1.54) is 12.1 Å². The Bertz CT molecular complexity index is 1030. The third-order valence-electron chi connectivity index (χ3n) is 5.10. The van der Waals surface area contributed by atoms with Crippen LogP contribution in [-0.2, 0) is 20.2 Å². The number of carbonyl (C=O) groups is 1. The average Bonchev–Trinajstić information content (AvgIpc) is 3.06. The molecule has 154 valence electrons. The first-order chi connectivity index (χ1) is 13.6. The molecule has 0 bridgehead atoms. The predicted molar refractivity (Wildman–Crippen MR) is 119 cm³/mol. The molecule has 2 aromatic carbocycles. The Kier molecular flexibility index (Phi) is 6.14. The zero-order valence-electron chi connectivity index (χ0n) is 16.6. The lowest BCUT2D eigenvalue weighted by molar-refractivity contribution is -0.120. The van der Waals surface area contributed by atoms with Crippen molar-refractivity contribution in [3.8, 4) is 0 Å². The van der Waals surface area contributed by atoms with Crippen molar-refractivity contribution in [1.29, 1.82) is 0 Å². The number of hydrogen-bond donors (Lipinski definition) is 1. The van der Waals surface area contributed by atoms with Crippen LogP contribution in [0.2, 0.25) is 0 Å². The molecular formula is C21H24BrN3O3S. The van der Waals surface area contributed by atoms with Gasteiger partial charge in [0, 0.05) is 30.2 Å². The summed E-state index contributed by atoms with van der Waals surface area (Å²) in [6.07, 6.45) is 1.57. The summed E-state index contributed by atoms with van der Waals surface area (Å²) < 4.78 is 30.0. The molecule has 2 aromatic rings. The van der Waals surface area contributed by atoms with Crippen LogP contribution in [0.1, 0.15) is 32.3 Å². The minimum atomic E-state index is -3.77. The molecule has 6 nitrogen and oxygen atoms in total. The van der Waals surface area contributed by atoms with E-state index in [0.717, 1.165) is 23.0 Å². The van der Waals surface area contributed by atoms with Crippen molar-refractivity contribution >= 4 is 43.4 Å². The van der Waals surface area contributed by atoms with Gasteiger partial charge in [0.15, 0.2) is 0 Å². The molecule has 0 spiro atoms. The molecule has 29 heavy (non-hydrogen) atoms. The van der Waals surface area contributed by atoms with Gasteiger partial charge in [-0.3, -0.25) is 4.79 Å². The minimum absolute atomic E-state index is 0.107. The van der Waals surface area contributed by atoms with E-state index in [4.69, 9.17) is 0 Å². The van der Waals surface area contributed by atoms with E-state index in [1.807, 2.05) is 50.1 Å². The van der Waals surface area contributed by atoms with Crippen molar-refractivity contribution < 1.29 is 13.2 Å². The Labute approximate surface area is 180 Å². The van der Waals surface area contributed by atoms with Gasteiger partial charge in [-0.05, 0) is 62.2 Å². The highest BCUT2D eigenvalue weighted by Gasteiger charge is 2.30. The third kappa shape index (κ3) is 4.87. The van der Waals surface area contributed by atoms with Crippen LogP contribution < -0.4 is 5.32 Å². The normalized spacial score (nSPS) is 16.3. The molecule has 0 atom stereocenters. The number of hydrogen-bond acceptors (Lipinski definition) is 3. The molecular weight excluding hydrogens is 454 g/mol. The fourth-order valence-electron chi connectivity index (χ4n) is 3.10. The molecule has 0 aliphatic carbocycles. The smallest absolute Gasteiger partial charge is 0.283 e. The highest BCUT2D eigenvalue weighted by Crippen LogP contribution is 2.27. The van der Waals surface area contributed by atoms with Gasteiger partial charge in [0.05, 0.1) is 10.3 Å². The zero-order valence-corrected chi connectivity index (χ0v) is 19.0. The quantitative estimate of drug-likeness (QED) is 0.700. The molecule has 1 heterocycles. The second-order valence-electron chi connectivity index (χ2n) is 7.62. The van der Waals surface area contributed by atoms with Gasteiger partial charge in [-0.1, -0.05) is 28.1 Å². The molecule has 0 radical (unpaired) electrons. The van der Waals surface area contributed by atoms with Gasteiger partial charge in [0.25, 0.3) is 10.0 Å². The summed E-state index contributed by atoms with van der Waals surface area (Å²) in [5, 5.41) is 2.86. The lowest BCUT2D eigenvalue weighted by Gasteiger charge is -2.24. The van der Waals surface area contributed by atoms with Crippen molar-refractivity contribution in [2.45, 2.75) is 37.0 Å². The van der Waals surface area contributed by atoms with Crippen molar-refractivity contribution in [3.63, 3.8) is 0 Å². The number of amidine groups is 1. The molecule has 0 aromatic heterocycles. The Morgan fingerprint density at radius 2 is 1.72 bits per heavy atom. The van der Waals surface area contributed by atoms with Gasteiger partial charge in [0.1, 0.15) is 5.84 Å². The van der Waals surface area contributed by atoms with Crippen LogP contribution in [0.5, 0.6) is 0 Å². The maximum absolute atomic E-state index is 12.8. The first kappa shape index (κ1) is 21.5. The number of nitrogens with one attached hydrogen (secondary N) is 1. The van der Waals surface area contributed by atoms with Gasteiger partial charge in [0.2, 0.25) is 5.91 Å². The van der Waals surface area contributed by atoms with Gasteiger partial charge in [-0.15, -0.1) is 4.40 Å². The number of halogens is 1. The maximum atomic E-state index is 12.8. The summed E-state index contributed by atoms with van der Waals surface area (Å²) in [6, 6.07) is 13.7. The Balaban J connectivity index is 1.75. The van der Waals surface area contributed by atoms with E-state index in [-0.39, 0.29) is 10.8 Å². The fourth-order valence-corrected chi connectivity index (χ4v) is 4.45. The van der Waals surface area contributed by atoms with E-state index in [2.05, 4.69) is 25.6 Å². The monoisotopic (exact) mass is 477 g/mol. The van der Waals surface area contributed by atoms with E-state index < -0.39 is 15.4 Å². The number of likely N-dealkylation sites (tertiary alicyclic amines) is 1. The Morgan fingerprint density at radius 3 is 2.28 bits per heavy atom. The molecule has 1 fully saturated rings. The molecule has 1 N–H and O–H groups in total. The molecule has 1 saturated heterocycles. The highest BCUT2D eigenvalue weighted by atomic mass is 79.9. The van der Waals surface area contributed by atoms with Crippen molar-refractivity contribution in [2.75, 3.05) is 18.9 Å². The average molecular weight is 478 g/mol. The van der Waals surface area contributed by atoms with E-state index in [9.17, 15) is 13.2 Å². The fraction of sp³-hybridized carbons (Fsp3) is 0.333. The van der Waals surface area contributed by atoms with Gasteiger partial charge in [-0.2, -0.15) is 8.42 Å². The van der Waals surface area contributed by atoms with Crippen LogP contribution in [0, 0.1) is 0 Å². The van der Waals surface area contributed by atoms with Gasteiger partial charge in [-0.25, -0.2) is 0 Å². The van der Waals surface area contributed by atoms with E-state index in [1.54, 1.807) is 12.1 Å². The molecule has 1 aliphatic heterocycles. The lowest BCUT2D eigenvalue weighted by atomic mass is 9.83. The molecule has 0 saturated carbocycles. The van der Waals surface area contributed by atoms with Crippen LogP contribution >= 0.6 is 15.9 Å². The summed E-state index contributed by atoms with van der Waals surface area (Å²) in [4.78, 5) is 14.8.